The molecule has 9 heteroatoms. The Kier molecular flexibility index (Phi) is 4.76. The lowest BCUT2D eigenvalue weighted by Crippen LogP contribution is -2.31. The highest BCUT2D eigenvalue weighted by Gasteiger charge is 2.28. The molecule has 1 aromatic carbocycles. The van der Waals surface area contributed by atoms with Gasteiger partial charge in [-0.1, -0.05) is 23.2 Å². The first-order valence-electron chi connectivity index (χ1n) is 9.87. The van der Waals surface area contributed by atoms with E-state index < -0.39 is 0 Å². The van der Waals surface area contributed by atoms with Crippen LogP contribution in [0.3, 0.4) is 0 Å². The number of benzene rings is 1. The molecular weight excluding hydrogens is 409 g/mol. The topological polar surface area (TPSA) is 62.1 Å². The predicted octanol–water partition coefficient (Wildman–Crippen LogP) is 4.35. The predicted molar refractivity (Wildman–Crippen MR) is 118 cm³/mol. The summed E-state index contributed by atoms with van der Waals surface area (Å²) in [4.78, 5) is 13.7. The van der Waals surface area contributed by atoms with Crippen molar-refractivity contribution in [1.29, 1.82) is 0 Å². The fourth-order valence-electron chi connectivity index (χ4n) is 3.85. The van der Waals surface area contributed by atoms with Crippen molar-refractivity contribution in [3.05, 3.63) is 34.7 Å². The molecule has 3 aromatic rings. The summed E-state index contributed by atoms with van der Waals surface area (Å²) in [5.74, 6) is 0.496. The SMILES string of the molecule is CN(C)[C@@H]1CCN(c2cc3nc(Nc4cnn(C5CC5)c4Cl)ncc3cc2Cl)C1. The molecule has 0 unspecified atom stereocenters. The zero-order chi connectivity index (χ0) is 20.1. The molecule has 1 N–H and O–H groups in total. The summed E-state index contributed by atoms with van der Waals surface area (Å²) < 4.78 is 1.86. The average molecular weight is 432 g/mol. The third-order valence-electron chi connectivity index (χ3n) is 5.76. The van der Waals surface area contributed by atoms with Gasteiger partial charge >= 0.3 is 0 Å². The third kappa shape index (κ3) is 3.63. The van der Waals surface area contributed by atoms with Gasteiger partial charge in [-0.25, -0.2) is 14.6 Å². The fourth-order valence-corrected chi connectivity index (χ4v) is 4.42. The van der Waals surface area contributed by atoms with Gasteiger partial charge in [0.1, 0.15) is 0 Å². The van der Waals surface area contributed by atoms with Crippen LogP contribution in [-0.4, -0.2) is 57.9 Å². The second-order valence-corrected chi connectivity index (χ2v) is 8.82. The lowest BCUT2D eigenvalue weighted by molar-refractivity contribution is 0.315. The first-order chi connectivity index (χ1) is 14.0. The number of aromatic nitrogens is 4. The molecule has 2 aromatic heterocycles. The standard InChI is InChI=1S/C20H23Cl2N7/c1-27(2)14-5-6-28(11-14)18-8-16-12(7-15(18)21)9-23-20(25-16)26-17-10-24-29(19(17)22)13-3-4-13/h7-10,13-14H,3-6,11H2,1-2H3,(H,23,25,26)/t14-/m1/s1. The number of fused-ring (bicyclic) bond motifs is 1. The van der Waals surface area contributed by atoms with Gasteiger partial charge in [0.2, 0.25) is 5.95 Å². The maximum Gasteiger partial charge on any atom is 0.227 e. The smallest absolute Gasteiger partial charge is 0.227 e. The maximum absolute atomic E-state index is 6.58. The molecule has 1 saturated carbocycles. The highest BCUT2D eigenvalue weighted by Crippen LogP contribution is 2.39. The molecule has 1 aliphatic heterocycles. The summed E-state index contributed by atoms with van der Waals surface area (Å²) in [6.45, 7) is 1.95. The zero-order valence-electron chi connectivity index (χ0n) is 16.4. The van der Waals surface area contributed by atoms with Crippen molar-refractivity contribution in [3.63, 3.8) is 0 Å². The van der Waals surface area contributed by atoms with E-state index >= 15 is 0 Å². The van der Waals surface area contributed by atoms with Crippen molar-refractivity contribution in [1.82, 2.24) is 24.6 Å². The Balaban J connectivity index is 1.43. The average Bonchev–Trinajstić information content (AvgIpc) is 3.29. The van der Waals surface area contributed by atoms with E-state index in [2.05, 4.69) is 45.4 Å². The Morgan fingerprint density at radius 1 is 1.14 bits per heavy atom. The lowest BCUT2D eigenvalue weighted by Gasteiger charge is -2.23. The van der Waals surface area contributed by atoms with Crippen LogP contribution in [0.15, 0.2) is 24.5 Å². The van der Waals surface area contributed by atoms with Gasteiger partial charge in [-0.2, -0.15) is 5.10 Å². The zero-order valence-corrected chi connectivity index (χ0v) is 18.0. The van der Waals surface area contributed by atoms with Crippen molar-refractivity contribution >= 4 is 51.4 Å². The van der Waals surface area contributed by atoms with E-state index in [-0.39, 0.29) is 0 Å². The first-order valence-corrected chi connectivity index (χ1v) is 10.6. The van der Waals surface area contributed by atoms with E-state index in [9.17, 15) is 0 Å². The van der Waals surface area contributed by atoms with E-state index in [1.54, 1.807) is 12.4 Å². The first kappa shape index (κ1) is 18.9. The number of likely N-dealkylation sites (N-methyl/N-ethyl adjacent to an activating group) is 1. The van der Waals surface area contributed by atoms with Crippen LogP contribution in [-0.2, 0) is 0 Å². The van der Waals surface area contributed by atoms with Gasteiger partial charge < -0.3 is 15.1 Å². The Bertz CT molecular complexity index is 1060. The third-order valence-corrected chi connectivity index (χ3v) is 6.44. The minimum absolute atomic E-state index is 0.423. The number of hydrogen-bond acceptors (Lipinski definition) is 6. The molecule has 2 aliphatic rings. The monoisotopic (exact) mass is 431 g/mol. The van der Waals surface area contributed by atoms with Crippen molar-refractivity contribution in [2.45, 2.75) is 31.3 Å². The summed E-state index contributed by atoms with van der Waals surface area (Å²) in [6, 6.07) is 4.95. The van der Waals surface area contributed by atoms with Gasteiger partial charge in [0, 0.05) is 30.7 Å². The largest absolute Gasteiger partial charge is 0.369 e. The Morgan fingerprint density at radius 3 is 2.69 bits per heavy atom. The highest BCUT2D eigenvalue weighted by molar-refractivity contribution is 6.34. The van der Waals surface area contributed by atoms with E-state index in [1.807, 2.05) is 10.7 Å². The fraction of sp³-hybridized carbons (Fsp3) is 0.450. The number of nitrogens with zero attached hydrogens (tertiary/aromatic N) is 6. The van der Waals surface area contributed by atoms with E-state index in [0.29, 0.717) is 23.2 Å². The van der Waals surface area contributed by atoms with Crippen molar-refractivity contribution in [3.8, 4) is 0 Å². The Morgan fingerprint density at radius 2 is 1.97 bits per heavy atom. The summed E-state index contributed by atoms with van der Waals surface area (Å²) in [6.07, 6.45) is 6.89. The summed E-state index contributed by atoms with van der Waals surface area (Å²) >= 11 is 13.0. The lowest BCUT2D eigenvalue weighted by atomic mass is 10.2. The van der Waals surface area contributed by atoms with Crippen LogP contribution in [0.2, 0.25) is 10.2 Å². The normalized spacial score (nSPS) is 19.5. The van der Waals surface area contributed by atoms with E-state index in [4.69, 9.17) is 28.2 Å². The molecule has 0 spiro atoms. The van der Waals surface area contributed by atoms with Crippen LogP contribution in [0.1, 0.15) is 25.3 Å². The van der Waals surface area contributed by atoms with E-state index in [1.165, 1.54) is 0 Å². The van der Waals surface area contributed by atoms with Gasteiger partial charge in [0.25, 0.3) is 0 Å². The molecule has 5 rings (SSSR count). The molecule has 1 atom stereocenters. The Hall–Kier alpha value is -2.09. The Labute approximate surface area is 179 Å². The summed E-state index contributed by atoms with van der Waals surface area (Å²) in [5, 5.41) is 9.81. The number of hydrogen-bond donors (Lipinski definition) is 1. The molecular formula is C20H23Cl2N7. The molecule has 1 saturated heterocycles. The highest BCUT2D eigenvalue weighted by atomic mass is 35.5. The number of rotatable bonds is 5. The van der Waals surface area contributed by atoms with Crippen LogP contribution in [0.5, 0.6) is 0 Å². The van der Waals surface area contributed by atoms with Gasteiger partial charge in [-0.05, 0) is 45.5 Å². The van der Waals surface area contributed by atoms with Gasteiger partial charge in [-0.3, -0.25) is 0 Å². The minimum Gasteiger partial charge on any atom is -0.369 e. The molecule has 0 bridgehead atoms. The van der Waals surface area contributed by atoms with Crippen LogP contribution in [0.4, 0.5) is 17.3 Å². The molecule has 0 amide bonds. The second kappa shape index (κ2) is 7.31. The molecule has 0 radical (unpaired) electrons. The summed E-state index contributed by atoms with van der Waals surface area (Å²) in [7, 11) is 4.25. The van der Waals surface area contributed by atoms with Crippen molar-refractivity contribution < 1.29 is 0 Å². The number of anilines is 3. The van der Waals surface area contributed by atoms with E-state index in [0.717, 1.165) is 59.7 Å². The van der Waals surface area contributed by atoms with Gasteiger partial charge in [-0.15, -0.1) is 0 Å². The van der Waals surface area contributed by atoms with Crippen LogP contribution < -0.4 is 10.2 Å². The van der Waals surface area contributed by atoms with Crippen LogP contribution >= 0.6 is 23.2 Å². The van der Waals surface area contributed by atoms with Crippen LogP contribution in [0.25, 0.3) is 10.9 Å². The molecule has 152 valence electrons. The van der Waals surface area contributed by atoms with Crippen molar-refractivity contribution in [2.75, 3.05) is 37.4 Å². The summed E-state index contributed by atoms with van der Waals surface area (Å²) in [5.41, 5.74) is 2.59. The molecule has 29 heavy (non-hydrogen) atoms. The molecule has 1 aliphatic carbocycles. The van der Waals surface area contributed by atoms with Gasteiger partial charge in [0.15, 0.2) is 5.15 Å². The second-order valence-electron chi connectivity index (χ2n) is 8.06. The van der Waals surface area contributed by atoms with Crippen LogP contribution in [0, 0.1) is 0 Å². The van der Waals surface area contributed by atoms with Crippen molar-refractivity contribution in [2.24, 2.45) is 0 Å². The number of halogens is 2. The molecule has 7 nitrogen and oxygen atoms in total. The van der Waals surface area contributed by atoms with Gasteiger partial charge in [0.05, 0.1) is 34.2 Å². The maximum atomic E-state index is 6.58. The quantitative estimate of drug-likeness (QED) is 0.647. The molecule has 2 fully saturated rings. The minimum atomic E-state index is 0.423. The number of nitrogens with one attached hydrogen (secondary N) is 1. The molecule has 3 heterocycles.